The molecule has 0 aliphatic heterocycles. The van der Waals surface area contributed by atoms with E-state index in [-0.39, 0.29) is 0 Å². The fourth-order valence-electron chi connectivity index (χ4n) is 1.75. The zero-order valence-corrected chi connectivity index (χ0v) is 13.0. The van der Waals surface area contributed by atoms with Crippen molar-refractivity contribution in [3.05, 3.63) is 44.6 Å². The fraction of sp³-hybridized carbons (Fsp3) is 0.167. The van der Waals surface area contributed by atoms with Crippen LogP contribution in [0.25, 0.3) is 5.69 Å². The van der Waals surface area contributed by atoms with Gasteiger partial charge in [0.15, 0.2) is 0 Å². The molecule has 1 aromatic carbocycles. The molecule has 0 aliphatic rings. The largest absolute Gasteiger partial charge is 0.389 e. The summed E-state index contributed by atoms with van der Waals surface area (Å²) < 4.78 is 2.68. The summed E-state index contributed by atoms with van der Waals surface area (Å²) in [6.07, 6.45) is 0. The molecule has 0 saturated heterocycles. The summed E-state index contributed by atoms with van der Waals surface area (Å²) in [5.41, 5.74) is 9.00. The van der Waals surface area contributed by atoms with Crippen LogP contribution in [0.2, 0.25) is 5.02 Å². The monoisotopic (exact) mass is 343 g/mol. The molecule has 2 N–H and O–H groups in total. The fourth-order valence-corrected chi connectivity index (χ4v) is 2.39. The minimum Gasteiger partial charge on any atom is -0.389 e. The topological polar surface area (TPSA) is 43.8 Å². The van der Waals surface area contributed by atoms with Gasteiger partial charge in [0.1, 0.15) is 4.99 Å². The van der Waals surface area contributed by atoms with E-state index in [0.29, 0.717) is 10.0 Å². The molecule has 0 bridgehead atoms. The van der Waals surface area contributed by atoms with Gasteiger partial charge in [0.25, 0.3) is 0 Å². The lowest BCUT2D eigenvalue weighted by molar-refractivity contribution is 0.832. The van der Waals surface area contributed by atoms with Crippen LogP contribution in [0.1, 0.15) is 17.0 Å². The number of hydrogen-bond donors (Lipinski definition) is 1. The van der Waals surface area contributed by atoms with Gasteiger partial charge in [0.05, 0.1) is 22.1 Å². The van der Waals surface area contributed by atoms with E-state index in [0.717, 1.165) is 27.1 Å². The normalized spacial score (nSPS) is 10.7. The lowest BCUT2D eigenvalue weighted by Gasteiger charge is -2.10. The van der Waals surface area contributed by atoms with Gasteiger partial charge in [-0.3, -0.25) is 0 Å². The third kappa shape index (κ3) is 2.30. The molecular formula is C12H11BrClN3S. The van der Waals surface area contributed by atoms with Gasteiger partial charge in [-0.2, -0.15) is 5.10 Å². The predicted octanol–water partition coefficient (Wildman–Crippen LogP) is 3.54. The van der Waals surface area contributed by atoms with Crippen LogP contribution in [0.4, 0.5) is 0 Å². The van der Waals surface area contributed by atoms with E-state index < -0.39 is 0 Å². The zero-order valence-electron chi connectivity index (χ0n) is 9.87. The summed E-state index contributed by atoms with van der Waals surface area (Å²) in [6, 6.07) is 5.71. The molecular weight excluding hydrogens is 334 g/mol. The lowest BCUT2D eigenvalue weighted by Crippen LogP contribution is -2.14. The van der Waals surface area contributed by atoms with Crippen molar-refractivity contribution in [2.24, 2.45) is 5.73 Å². The number of nitrogens with zero attached hydrogens (tertiary/aromatic N) is 2. The smallest absolute Gasteiger partial charge is 0.106 e. The van der Waals surface area contributed by atoms with Gasteiger partial charge in [-0.25, -0.2) is 4.68 Å². The number of aromatic nitrogens is 2. The van der Waals surface area contributed by atoms with Crippen molar-refractivity contribution in [3.8, 4) is 5.69 Å². The molecule has 2 rings (SSSR count). The number of halogens is 2. The molecule has 0 unspecified atom stereocenters. The van der Waals surface area contributed by atoms with Crippen molar-refractivity contribution >= 4 is 44.7 Å². The summed E-state index contributed by atoms with van der Waals surface area (Å²) in [5.74, 6) is 0. The Bertz CT molecular complexity index is 636. The molecule has 0 fully saturated rings. The van der Waals surface area contributed by atoms with Crippen molar-refractivity contribution < 1.29 is 0 Å². The van der Waals surface area contributed by atoms with E-state index in [1.807, 2.05) is 32.0 Å². The van der Waals surface area contributed by atoms with Crippen LogP contribution in [0, 0.1) is 13.8 Å². The molecule has 3 nitrogen and oxygen atoms in total. The Hall–Kier alpha value is -0.910. The number of hydrogen-bond acceptors (Lipinski definition) is 2. The highest BCUT2D eigenvalue weighted by molar-refractivity contribution is 9.10. The minimum atomic E-state index is 0.329. The first-order valence-electron chi connectivity index (χ1n) is 5.23. The molecule has 0 aliphatic carbocycles. The predicted molar refractivity (Wildman–Crippen MR) is 81.6 cm³/mol. The van der Waals surface area contributed by atoms with E-state index in [4.69, 9.17) is 29.6 Å². The number of rotatable bonds is 2. The quantitative estimate of drug-likeness (QED) is 0.848. The van der Waals surface area contributed by atoms with E-state index in [2.05, 4.69) is 21.0 Å². The third-order valence-electron chi connectivity index (χ3n) is 2.66. The summed E-state index contributed by atoms with van der Waals surface area (Å²) in [6.45, 7) is 3.78. The molecule has 6 heteroatoms. The second-order valence-corrected chi connectivity index (χ2v) is 5.66. The average Bonchev–Trinajstić information content (AvgIpc) is 2.57. The minimum absolute atomic E-state index is 0.329. The molecule has 94 valence electrons. The Labute approximate surface area is 124 Å². The number of benzene rings is 1. The highest BCUT2D eigenvalue weighted by Gasteiger charge is 2.14. The van der Waals surface area contributed by atoms with Gasteiger partial charge in [0.2, 0.25) is 0 Å². The van der Waals surface area contributed by atoms with Crippen LogP contribution < -0.4 is 5.73 Å². The maximum absolute atomic E-state index is 6.15. The number of nitrogens with two attached hydrogens (primary N) is 1. The molecule has 0 amide bonds. The highest BCUT2D eigenvalue weighted by atomic mass is 79.9. The Balaban J connectivity index is 2.71. The van der Waals surface area contributed by atoms with Gasteiger partial charge in [-0.05, 0) is 32.0 Å². The van der Waals surface area contributed by atoms with Crippen molar-refractivity contribution in [2.75, 3.05) is 0 Å². The van der Waals surface area contributed by atoms with Gasteiger partial charge in [-0.1, -0.05) is 39.7 Å². The van der Waals surface area contributed by atoms with Crippen molar-refractivity contribution in [2.45, 2.75) is 13.8 Å². The van der Waals surface area contributed by atoms with E-state index in [9.17, 15) is 0 Å². The van der Waals surface area contributed by atoms with Crippen LogP contribution >= 0.6 is 39.7 Å². The molecule has 1 aromatic heterocycles. The van der Waals surface area contributed by atoms with Crippen LogP contribution in [0.5, 0.6) is 0 Å². The summed E-state index contributed by atoms with van der Waals surface area (Å²) in [4.78, 5) is 0.329. The van der Waals surface area contributed by atoms with E-state index >= 15 is 0 Å². The second-order valence-electron chi connectivity index (χ2n) is 3.92. The summed E-state index contributed by atoms with van der Waals surface area (Å²) >= 11 is 14.6. The maximum atomic E-state index is 6.15. The van der Waals surface area contributed by atoms with Crippen molar-refractivity contribution in [1.82, 2.24) is 9.78 Å². The van der Waals surface area contributed by atoms with E-state index in [1.54, 1.807) is 4.68 Å². The number of aryl methyl sites for hydroxylation is 1. The van der Waals surface area contributed by atoms with Gasteiger partial charge in [0, 0.05) is 10.0 Å². The zero-order chi connectivity index (χ0) is 13.4. The number of thiocarbonyl (C=S) groups is 1. The van der Waals surface area contributed by atoms with Crippen molar-refractivity contribution in [3.63, 3.8) is 0 Å². The first-order chi connectivity index (χ1) is 8.41. The van der Waals surface area contributed by atoms with Crippen LogP contribution in [-0.4, -0.2) is 14.8 Å². The van der Waals surface area contributed by atoms with Crippen LogP contribution in [0.15, 0.2) is 22.7 Å². The van der Waals surface area contributed by atoms with Gasteiger partial charge < -0.3 is 5.73 Å². The second kappa shape index (κ2) is 4.99. The molecule has 1 heterocycles. The lowest BCUT2D eigenvalue weighted by atomic mass is 10.2. The molecule has 0 radical (unpaired) electrons. The standard InChI is InChI=1S/C12H11BrClN3S/c1-6-11(14)7(2)17(16-6)10-4-3-8(13)5-9(10)12(15)18/h3-5H,1-2H3,(H2,15,18). The van der Waals surface area contributed by atoms with Crippen molar-refractivity contribution in [1.29, 1.82) is 0 Å². The van der Waals surface area contributed by atoms with Gasteiger partial charge in [-0.15, -0.1) is 0 Å². The molecule has 0 spiro atoms. The first kappa shape index (κ1) is 13.5. The van der Waals surface area contributed by atoms with Crippen LogP contribution in [-0.2, 0) is 0 Å². The Morgan fingerprint density at radius 3 is 2.61 bits per heavy atom. The first-order valence-corrected chi connectivity index (χ1v) is 6.81. The Kier molecular flexibility index (Phi) is 3.75. The molecule has 2 aromatic rings. The highest BCUT2D eigenvalue weighted by Crippen LogP contribution is 2.26. The Morgan fingerprint density at radius 1 is 1.44 bits per heavy atom. The average molecular weight is 345 g/mol. The van der Waals surface area contributed by atoms with Crippen LogP contribution in [0.3, 0.4) is 0 Å². The summed E-state index contributed by atoms with van der Waals surface area (Å²) in [7, 11) is 0. The summed E-state index contributed by atoms with van der Waals surface area (Å²) in [5, 5.41) is 5.07. The molecule has 0 atom stereocenters. The third-order valence-corrected chi connectivity index (χ3v) is 3.92. The van der Waals surface area contributed by atoms with Gasteiger partial charge >= 0.3 is 0 Å². The SMILES string of the molecule is Cc1nn(-c2ccc(Br)cc2C(N)=S)c(C)c1Cl. The molecule has 0 saturated carbocycles. The van der Waals surface area contributed by atoms with E-state index in [1.165, 1.54) is 0 Å². The Morgan fingerprint density at radius 2 is 2.11 bits per heavy atom. The molecule has 18 heavy (non-hydrogen) atoms. The maximum Gasteiger partial charge on any atom is 0.106 e.